The standard InChI is InChI=1S/C13H17N3O2/c1-16(2)11-5-3-10(4-6-11)15-13(18)9-7-12(17)14-8-9/h3-6,9H,7-8H2,1-2H3,(H,14,17)(H,15,18). The minimum Gasteiger partial charge on any atom is -0.378 e. The summed E-state index contributed by atoms with van der Waals surface area (Å²) in [5.74, 6) is -0.421. The molecule has 2 amide bonds. The lowest BCUT2D eigenvalue weighted by molar-refractivity contribution is -0.123. The van der Waals surface area contributed by atoms with E-state index in [0.717, 1.165) is 11.4 Å². The molecule has 5 heteroatoms. The van der Waals surface area contributed by atoms with Crippen molar-refractivity contribution in [2.75, 3.05) is 30.9 Å². The predicted octanol–water partition coefficient (Wildman–Crippen LogP) is 0.827. The second kappa shape index (κ2) is 5.08. The van der Waals surface area contributed by atoms with Crippen LogP contribution in [0, 0.1) is 5.92 Å². The molecule has 1 unspecified atom stereocenters. The van der Waals surface area contributed by atoms with Crippen LogP contribution in [-0.2, 0) is 9.59 Å². The van der Waals surface area contributed by atoms with Crippen molar-refractivity contribution in [3.63, 3.8) is 0 Å². The van der Waals surface area contributed by atoms with Gasteiger partial charge in [0, 0.05) is 38.4 Å². The Morgan fingerprint density at radius 3 is 2.50 bits per heavy atom. The summed E-state index contributed by atoms with van der Waals surface area (Å²) in [6, 6.07) is 7.59. The number of hydrogen-bond donors (Lipinski definition) is 2. The average Bonchev–Trinajstić information content (AvgIpc) is 2.76. The van der Waals surface area contributed by atoms with Crippen LogP contribution in [0.1, 0.15) is 6.42 Å². The zero-order valence-electron chi connectivity index (χ0n) is 10.6. The molecule has 2 N–H and O–H groups in total. The Kier molecular flexibility index (Phi) is 3.50. The highest BCUT2D eigenvalue weighted by molar-refractivity contribution is 5.97. The summed E-state index contributed by atoms with van der Waals surface area (Å²) in [6.07, 6.45) is 0.279. The van der Waals surface area contributed by atoms with Gasteiger partial charge in [0.2, 0.25) is 11.8 Å². The summed E-state index contributed by atoms with van der Waals surface area (Å²) in [6.45, 7) is 0.431. The van der Waals surface area contributed by atoms with Crippen molar-refractivity contribution in [1.29, 1.82) is 0 Å². The van der Waals surface area contributed by atoms with E-state index in [1.165, 1.54) is 0 Å². The first-order valence-corrected chi connectivity index (χ1v) is 5.91. The SMILES string of the molecule is CN(C)c1ccc(NC(=O)C2CNC(=O)C2)cc1. The summed E-state index contributed by atoms with van der Waals surface area (Å²) in [5.41, 5.74) is 1.83. The Balaban J connectivity index is 1.97. The van der Waals surface area contributed by atoms with E-state index in [2.05, 4.69) is 10.6 Å². The van der Waals surface area contributed by atoms with E-state index in [4.69, 9.17) is 0 Å². The number of amides is 2. The van der Waals surface area contributed by atoms with Crippen molar-refractivity contribution in [2.45, 2.75) is 6.42 Å². The van der Waals surface area contributed by atoms with Gasteiger partial charge in [-0.05, 0) is 24.3 Å². The molecule has 0 saturated carbocycles. The number of nitrogens with zero attached hydrogens (tertiary/aromatic N) is 1. The van der Waals surface area contributed by atoms with Gasteiger partial charge in [-0.2, -0.15) is 0 Å². The predicted molar refractivity (Wildman–Crippen MR) is 70.5 cm³/mol. The maximum absolute atomic E-state index is 11.9. The van der Waals surface area contributed by atoms with E-state index in [-0.39, 0.29) is 24.2 Å². The minimum atomic E-state index is -0.258. The molecule has 1 saturated heterocycles. The van der Waals surface area contributed by atoms with E-state index in [1.807, 2.05) is 43.3 Å². The molecule has 96 valence electrons. The smallest absolute Gasteiger partial charge is 0.229 e. The van der Waals surface area contributed by atoms with Crippen LogP contribution in [0.25, 0.3) is 0 Å². The van der Waals surface area contributed by atoms with Gasteiger partial charge in [-0.3, -0.25) is 9.59 Å². The monoisotopic (exact) mass is 247 g/mol. The number of carbonyl (C=O) groups excluding carboxylic acids is 2. The molecule has 1 aliphatic rings. The fraction of sp³-hybridized carbons (Fsp3) is 0.385. The van der Waals surface area contributed by atoms with Crippen molar-refractivity contribution < 1.29 is 9.59 Å². The Morgan fingerprint density at radius 1 is 1.33 bits per heavy atom. The fourth-order valence-electron chi connectivity index (χ4n) is 1.88. The zero-order valence-corrected chi connectivity index (χ0v) is 10.6. The number of anilines is 2. The number of nitrogens with one attached hydrogen (secondary N) is 2. The quantitative estimate of drug-likeness (QED) is 0.831. The van der Waals surface area contributed by atoms with E-state index >= 15 is 0 Å². The topological polar surface area (TPSA) is 61.4 Å². The minimum absolute atomic E-state index is 0.0573. The van der Waals surface area contributed by atoms with Gasteiger partial charge in [0.05, 0.1) is 5.92 Å². The van der Waals surface area contributed by atoms with Crippen LogP contribution in [0.5, 0.6) is 0 Å². The summed E-state index contributed by atoms with van der Waals surface area (Å²) in [4.78, 5) is 24.9. The first kappa shape index (κ1) is 12.4. The van der Waals surface area contributed by atoms with E-state index in [0.29, 0.717) is 6.54 Å². The Bertz CT molecular complexity index is 454. The van der Waals surface area contributed by atoms with Crippen molar-refractivity contribution in [2.24, 2.45) is 5.92 Å². The third-order valence-electron chi connectivity index (χ3n) is 3.00. The second-order valence-corrected chi connectivity index (χ2v) is 4.64. The zero-order chi connectivity index (χ0) is 13.1. The van der Waals surface area contributed by atoms with Crippen molar-refractivity contribution in [1.82, 2.24) is 5.32 Å². The molecule has 0 bridgehead atoms. The molecule has 1 atom stereocenters. The largest absolute Gasteiger partial charge is 0.378 e. The van der Waals surface area contributed by atoms with Crippen LogP contribution in [0.3, 0.4) is 0 Å². The van der Waals surface area contributed by atoms with Crippen LogP contribution < -0.4 is 15.5 Å². The molecular formula is C13H17N3O2. The Labute approximate surface area is 106 Å². The Hall–Kier alpha value is -2.04. The van der Waals surface area contributed by atoms with Gasteiger partial charge in [-0.15, -0.1) is 0 Å². The summed E-state index contributed by atoms with van der Waals surface area (Å²) in [7, 11) is 3.92. The lowest BCUT2D eigenvalue weighted by Crippen LogP contribution is -2.24. The third-order valence-corrected chi connectivity index (χ3v) is 3.00. The molecular weight excluding hydrogens is 230 g/mol. The summed E-state index contributed by atoms with van der Waals surface area (Å²) >= 11 is 0. The van der Waals surface area contributed by atoms with Gasteiger partial charge in [-0.25, -0.2) is 0 Å². The van der Waals surface area contributed by atoms with E-state index in [1.54, 1.807) is 0 Å². The van der Waals surface area contributed by atoms with Crippen LogP contribution in [0.2, 0.25) is 0 Å². The molecule has 1 aromatic carbocycles. The van der Waals surface area contributed by atoms with Gasteiger partial charge < -0.3 is 15.5 Å². The van der Waals surface area contributed by atoms with Crippen LogP contribution >= 0.6 is 0 Å². The molecule has 18 heavy (non-hydrogen) atoms. The molecule has 0 radical (unpaired) electrons. The van der Waals surface area contributed by atoms with E-state index in [9.17, 15) is 9.59 Å². The van der Waals surface area contributed by atoms with Gasteiger partial charge in [0.15, 0.2) is 0 Å². The molecule has 5 nitrogen and oxygen atoms in total. The molecule has 0 aromatic heterocycles. The first-order chi connectivity index (χ1) is 8.56. The lowest BCUT2D eigenvalue weighted by atomic mass is 10.1. The normalized spacial score (nSPS) is 18.3. The molecule has 0 aliphatic carbocycles. The summed E-state index contributed by atoms with van der Waals surface area (Å²) in [5, 5.41) is 5.47. The molecule has 1 heterocycles. The number of rotatable bonds is 3. The number of hydrogen-bond acceptors (Lipinski definition) is 3. The maximum atomic E-state index is 11.9. The van der Waals surface area contributed by atoms with Crippen molar-refractivity contribution in [3.05, 3.63) is 24.3 Å². The van der Waals surface area contributed by atoms with Gasteiger partial charge in [-0.1, -0.05) is 0 Å². The highest BCUT2D eigenvalue weighted by Gasteiger charge is 2.27. The van der Waals surface area contributed by atoms with Crippen LogP contribution in [0.4, 0.5) is 11.4 Å². The molecule has 2 rings (SSSR count). The van der Waals surface area contributed by atoms with Gasteiger partial charge in [0.1, 0.15) is 0 Å². The number of benzene rings is 1. The average molecular weight is 247 g/mol. The lowest BCUT2D eigenvalue weighted by Gasteiger charge is -2.14. The van der Waals surface area contributed by atoms with Gasteiger partial charge in [0.25, 0.3) is 0 Å². The maximum Gasteiger partial charge on any atom is 0.229 e. The highest BCUT2D eigenvalue weighted by Crippen LogP contribution is 2.17. The van der Waals surface area contributed by atoms with Gasteiger partial charge >= 0.3 is 0 Å². The highest BCUT2D eigenvalue weighted by atomic mass is 16.2. The van der Waals surface area contributed by atoms with Crippen LogP contribution in [0.15, 0.2) is 24.3 Å². The number of carbonyl (C=O) groups is 2. The van der Waals surface area contributed by atoms with Crippen molar-refractivity contribution >= 4 is 23.2 Å². The third kappa shape index (κ3) is 2.80. The molecule has 0 spiro atoms. The Morgan fingerprint density at radius 2 is 2.00 bits per heavy atom. The molecule has 1 aromatic rings. The first-order valence-electron chi connectivity index (χ1n) is 5.91. The van der Waals surface area contributed by atoms with Crippen LogP contribution in [-0.4, -0.2) is 32.5 Å². The molecule has 1 aliphatic heterocycles. The van der Waals surface area contributed by atoms with E-state index < -0.39 is 0 Å². The summed E-state index contributed by atoms with van der Waals surface area (Å²) < 4.78 is 0. The molecule has 1 fully saturated rings. The second-order valence-electron chi connectivity index (χ2n) is 4.64. The van der Waals surface area contributed by atoms with Crippen molar-refractivity contribution in [3.8, 4) is 0 Å². The fourth-order valence-corrected chi connectivity index (χ4v) is 1.88.